The molecular formula is C19H23N. The minimum Gasteiger partial charge on any atom is -0.192 e. The molecule has 1 heteroatoms. The van der Waals surface area contributed by atoms with Crippen molar-refractivity contribution >= 4 is 0 Å². The van der Waals surface area contributed by atoms with Gasteiger partial charge in [0.25, 0.3) is 0 Å². The van der Waals surface area contributed by atoms with Gasteiger partial charge in [0.1, 0.15) is 0 Å². The Labute approximate surface area is 122 Å². The van der Waals surface area contributed by atoms with E-state index in [1.165, 1.54) is 44.1 Å². The first-order valence-electron chi connectivity index (χ1n) is 7.92. The number of rotatable bonds is 2. The fourth-order valence-electron chi connectivity index (χ4n) is 4.27. The highest BCUT2D eigenvalue weighted by Gasteiger charge is 2.35. The van der Waals surface area contributed by atoms with E-state index in [-0.39, 0.29) is 0 Å². The van der Waals surface area contributed by atoms with Gasteiger partial charge in [-0.3, -0.25) is 0 Å². The third kappa shape index (κ3) is 2.66. The molecule has 0 aromatic heterocycles. The van der Waals surface area contributed by atoms with E-state index in [1.54, 1.807) is 0 Å². The third-order valence-electron chi connectivity index (χ3n) is 5.50. The Morgan fingerprint density at radius 2 is 1.70 bits per heavy atom. The molecule has 4 atom stereocenters. The van der Waals surface area contributed by atoms with Crippen LogP contribution in [0, 0.1) is 29.1 Å². The number of allylic oxidation sites excluding steroid dienone is 1. The van der Waals surface area contributed by atoms with Crippen LogP contribution >= 0.6 is 0 Å². The van der Waals surface area contributed by atoms with Crippen molar-refractivity contribution in [3.05, 3.63) is 48.0 Å². The Morgan fingerprint density at radius 1 is 1.00 bits per heavy atom. The van der Waals surface area contributed by atoms with Crippen LogP contribution in [0.4, 0.5) is 0 Å². The lowest BCUT2D eigenvalue weighted by atomic mass is 9.64. The first-order chi connectivity index (χ1) is 9.80. The standard InChI is InChI=1S/C19H23N/c1-2-14-3-8-19-12-18(10-9-17(19)11-14)16-6-4-15(13-20)5-7-16/h2,4-7,14,17-19H,1,3,8-12H2/t14-,17-,18?,19-/m1/s1. The van der Waals surface area contributed by atoms with E-state index in [2.05, 4.69) is 30.9 Å². The Morgan fingerprint density at radius 3 is 2.40 bits per heavy atom. The van der Waals surface area contributed by atoms with E-state index in [9.17, 15) is 0 Å². The summed E-state index contributed by atoms with van der Waals surface area (Å²) in [7, 11) is 0. The molecule has 104 valence electrons. The lowest BCUT2D eigenvalue weighted by molar-refractivity contribution is 0.133. The van der Waals surface area contributed by atoms with Gasteiger partial charge in [0.2, 0.25) is 0 Å². The molecule has 0 spiro atoms. The van der Waals surface area contributed by atoms with Crippen LogP contribution in [-0.4, -0.2) is 0 Å². The number of hydrogen-bond donors (Lipinski definition) is 0. The van der Waals surface area contributed by atoms with Crippen molar-refractivity contribution < 1.29 is 0 Å². The quantitative estimate of drug-likeness (QED) is 0.687. The molecule has 0 bridgehead atoms. The predicted molar refractivity (Wildman–Crippen MR) is 82.3 cm³/mol. The van der Waals surface area contributed by atoms with Crippen LogP contribution in [0.2, 0.25) is 0 Å². The topological polar surface area (TPSA) is 23.8 Å². The molecule has 2 fully saturated rings. The van der Waals surface area contributed by atoms with Gasteiger partial charge >= 0.3 is 0 Å². The van der Waals surface area contributed by atoms with Crippen molar-refractivity contribution in [3.8, 4) is 6.07 Å². The molecule has 1 aromatic rings. The smallest absolute Gasteiger partial charge is 0.0991 e. The van der Waals surface area contributed by atoms with E-state index >= 15 is 0 Å². The van der Waals surface area contributed by atoms with Gasteiger partial charge < -0.3 is 0 Å². The SMILES string of the molecule is C=C[C@@H]1CC[C@@H]2CC(c3ccc(C#N)cc3)CC[C@@H]2C1. The van der Waals surface area contributed by atoms with Crippen molar-refractivity contribution in [1.29, 1.82) is 5.26 Å². The fraction of sp³-hybridized carbons (Fsp3) is 0.526. The molecule has 0 N–H and O–H groups in total. The zero-order chi connectivity index (χ0) is 13.9. The summed E-state index contributed by atoms with van der Waals surface area (Å²) in [6, 6.07) is 10.5. The van der Waals surface area contributed by atoms with Crippen LogP contribution in [0.1, 0.15) is 55.6 Å². The average molecular weight is 265 g/mol. The fourth-order valence-corrected chi connectivity index (χ4v) is 4.27. The second kappa shape index (κ2) is 5.83. The third-order valence-corrected chi connectivity index (χ3v) is 5.50. The highest BCUT2D eigenvalue weighted by atomic mass is 14.4. The summed E-state index contributed by atoms with van der Waals surface area (Å²) in [5.74, 6) is 3.33. The van der Waals surface area contributed by atoms with Crippen molar-refractivity contribution in [1.82, 2.24) is 0 Å². The minimum absolute atomic E-state index is 0.712. The summed E-state index contributed by atoms with van der Waals surface area (Å²) in [4.78, 5) is 0. The maximum Gasteiger partial charge on any atom is 0.0991 e. The molecule has 0 saturated heterocycles. The largest absolute Gasteiger partial charge is 0.192 e. The maximum absolute atomic E-state index is 8.88. The first-order valence-corrected chi connectivity index (χ1v) is 7.92. The van der Waals surface area contributed by atoms with Crippen LogP contribution in [0.3, 0.4) is 0 Å². The zero-order valence-corrected chi connectivity index (χ0v) is 12.1. The van der Waals surface area contributed by atoms with Gasteiger partial charge in [-0.1, -0.05) is 18.2 Å². The van der Waals surface area contributed by atoms with Gasteiger partial charge in [-0.2, -0.15) is 5.26 Å². The van der Waals surface area contributed by atoms with Crippen molar-refractivity contribution in [3.63, 3.8) is 0 Å². The lowest BCUT2D eigenvalue weighted by Crippen LogP contribution is -2.29. The van der Waals surface area contributed by atoms with Crippen LogP contribution < -0.4 is 0 Å². The molecule has 1 aromatic carbocycles. The van der Waals surface area contributed by atoms with E-state index in [4.69, 9.17) is 5.26 Å². The Kier molecular flexibility index (Phi) is 3.92. The molecule has 0 radical (unpaired) electrons. The minimum atomic E-state index is 0.712. The number of nitrogens with zero attached hydrogens (tertiary/aromatic N) is 1. The molecule has 2 aliphatic carbocycles. The van der Waals surface area contributed by atoms with Gasteiger partial charge in [0, 0.05) is 0 Å². The maximum atomic E-state index is 8.88. The normalized spacial score (nSPS) is 33.0. The number of hydrogen-bond acceptors (Lipinski definition) is 1. The molecule has 1 unspecified atom stereocenters. The Balaban J connectivity index is 1.67. The Bertz CT molecular complexity index is 508. The van der Waals surface area contributed by atoms with E-state index in [0.717, 1.165) is 23.3 Å². The molecule has 3 rings (SSSR count). The monoisotopic (exact) mass is 265 g/mol. The Hall–Kier alpha value is -1.55. The van der Waals surface area contributed by atoms with Gasteiger partial charge in [-0.15, -0.1) is 6.58 Å². The van der Waals surface area contributed by atoms with E-state index in [0.29, 0.717) is 5.92 Å². The van der Waals surface area contributed by atoms with Gasteiger partial charge in [0.15, 0.2) is 0 Å². The highest BCUT2D eigenvalue weighted by Crippen LogP contribution is 2.47. The van der Waals surface area contributed by atoms with E-state index in [1.807, 2.05) is 12.1 Å². The molecule has 0 heterocycles. The molecule has 20 heavy (non-hydrogen) atoms. The second-order valence-corrected chi connectivity index (χ2v) is 6.57. The summed E-state index contributed by atoms with van der Waals surface area (Å²) < 4.78 is 0. The first kappa shape index (κ1) is 13.4. The van der Waals surface area contributed by atoms with Crippen LogP contribution in [0.25, 0.3) is 0 Å². The van der Waals surface area contributed by atoms with E-state index < -0.39 is 0 Å². The molecule has 2 saturated carbocycles. The van der Waals surface area contributed by atoms with Crippen LogP contribution in [0.5, 0.6) is 0 Å². The molecule has 1 nitrogen and oxygen atoms in total. The highest BCUT2D eigenvalue weighted by molar-refractivity contribution is 5.33. The lowest BCUT2D eigenvalue weighted by Gasteiger charge is -2.41. The number of nitriles is 1. The average Bonchev–Trinajstić information content (AvgIpc) is 2.54. The number of benzene rings is 1. The number of fused-ring (bicyclic) bond motifs is 1. The van der Waals surface area contributed by atoms with Crippen LogP contribution in [0.15, 0.2) is 36.9 Å². The predicted octanol–water partition coefficient (Wildman–Crippen LogP) is 5.04. The van der Waals surface area contributed by atoms with Crippen molar-refractivity contribution in [2.45, 2.75) is 44.4 Å². The summed E-state index contributed by atoms with van der Waals surface area (Å²) >= 11 is 0. The zero-order valence-electron chi connectivity index (χ0n) is 12.1. The molecule has 2 aliphatic rings. The second-order valence-electron chi connectivity index (χ2n) is 6.57. The summed E-state index contributed by atoms with van der Waals surface area (Å²) in [5.41, 5.74) is 2.21. The van der Waals surface area contributed by atoms with Crippen LogP contribution in [-0.2, 0) is 0 Å². The van der Waals surface area contributed by atoms with Crippen molar-refractivity contribution in [2.24, 2.45) is 17.8 Å². The van der Waals surface area contributed by atoms with Gasteiger partial charge in [0.05, 0.1) is 11.6 Å². The molecule has 0 aliphatic heterocycles. The summed E-state index contributed by atoms with van der Waals surface area (Å²) in [6.07, 6.45) is 10.3. The van der Waals surface area contributed by atoms with Gasteiger partial charge in [-0.05, 0) is 79.9 Å². The summed E-state index contributed by atoms with van der Waals surface area (Å²) in [6.45, 7) is 3.97. The van der Waals surface area contributed by atoms with Crippen molar-refractivity contribution in [2.75, 3.05) is 0 Å². The van der Waals surface area contributed by atoms with Gasteiger partial charge in [-0.25, -0.2) is 0 Å². The molecule has 0 amide bonds. The summed E-state index contributed by atoms with van der Waals surface area (Å²) in [5, 5.41) is 8.88. The molecular weight excluding hydrogens is 242 g/mol.